The van der Waals surface area contributed by atoms with Crippen LogP contribution in [-0.2, 0) is 14.3 Å². The van der Waals surface area contributed by atoms with Crippen molar-refractivity contribution in [3.8, 4) is 0 Å². The first-order valence-electron chi connectivity index (χ1n) is 7.67. The lowest BCUT2D eigenvalue weighted by molar-refractivity contribution is -0.313. The molecule has 1 spiro atoms. The Hall–Kier alpha value is -2.40. The molecule has 0 unspecified atom stereocenters. The van der Waals surface area contributed by atoms with E-state index >= 15 is 0 Å². The van der Waals surface area contributed by atoms with Gasteiger partial charge in [0.15, 0.2) is 0 Å². The van der Waals surface area contributed by atoms with Crippen LogP contribution in [0.4, 0.5) is 5.69 Å². The Balaban J connectivity index is 1.85. The third-order valence-corrected chi connectivity index (χ3v) is 5.12. The van der Waals surface area contributed by atoms with Crippen molar-refractivity contribution in [1.29, 1.82) is 0 Å². The fourth-order valence-electron chi connectivity index (χ4n) is 4.26. The van der Waals surface area contributed by atoms with E-state index in [-0.39, 0.29) is 11.9 Å². The lowest BCUT2D eigenvalue weighted by Crippen LogP contribution is -2.46. The summed E-state index contributed by atoms with van der Waals surface area (Å²) in [6.07, 6.45) is 5.28. The third-order valence-electron chi connectivity index (χ3n) is 5.12. The van der Waals surface area contributed by atoms with Gasteiger partial charge in [-0.2, -0.15) is 0 Å². The Bertz CT molecular complexity index is 713. The molecule has 0 N–H and O–H groups in total. The Labute approximate surface area is 133 Å². The molecule has 5 atom stereocenters. The molecule has 1 aromatic rings. The number of rotatable bonds is 4. The number of amides is 1. The molecule has 0 radical (unpaired) electrons. The maximum Gasteiger partial charge on any atom is 0.234 e. The van der Waals surface area contributed by atoms with E-state index in [0.717, 1.165) is 5.69 Å². The standard InChI is InChI=1S/C18H17NO4/c1-2-6-13-18-10-9-12(23-18)14(17(21)22)15(18)16(20)19(13)11-7-4-3-5-8-11/h2-5,7-10,12-15H,1,6H2,(H,21,22)/p-1/t12-,13+,14+,15+,18-/m1/s1. The lowest BCUT2D eigenvalue weighted by atomic mass is 9.74. The molecule has 4 rings (SSSR count). The quantitative estimate of drug-likeness (QED) is 0.766. The summed E-state index contributed by atoms with van der Waals surface area (Å²) in [5, 5.41) is 11.6. The van der Waals surface area contributed by atoms with Crippen molar-refractivity contribution in [2.45, 2.75) is 24.2 Å². The number of carboxylic acid groups (broad SMARTS) is 1. The molecule has 23 heavy (non-hydrogen) atoms. The van der Waals surface area contributed by atoms with E-state index in [1.54, 1.807) is 17.1 Å². The van der Waals surface area contributed by atoms with Crippen molar-refractivity contribution in [3.63, 3.8) is 0 Å². The number of carbonyl (C=O) groups is 2. The first-order chi connectivity index (χ1) is 11.1. The van der Waals surface area contributed by atoms with Gasteiger partial charge in [-0.3, -0.25) is 4.79 Å². The number of fused-ring (bicyclic) bond motifs is 1. The van der Waals surface area contributed by atoms with Crippen LogP contribution in [0.5, 0.6) is 0 Å². The van der Waals surface area contributed by atoms with E-state index < -0.39 is 29.5 Å². The maximum absolute atomic E-state index is 13.1. The number of benzene rings is 1. The number of anilines is 1. The molecule has 2 saturated heterocycles. The molecule has 5 heteroatoms. The summed E-state index contributed by atoms with van der Waals surface area (Å²) >= 11 is 0. The van der Waals surface area contributed by atoms with Gasteiger partial charge >= 0.3 is 0 Å². The van der Waals surface area contributed by atoms with Gasteiger partial charge in [0.2, 0.25) is 5.91 Å². The Morgan fingerprint density at radius 3 is 2.78 bits per heavy atom. The van der Waals surface area contributed by atoms with Gasteiger partial charge in [-0.25, -0.2) is 0 Å². The van der Waals surface area contributed by atoms with E-state index in [4.69, 9.17) is 4.74 Å². The smallest absolute Gasteiger partial charge is 0.234 e. The second kappa shape index (κ2) is 4.80. The van der Waals surface area contributed by atoms with Gasteiger partial charge in [0, 0.05) is 17.6 Å². The molecule has 0 aromatic heterocycles. The van der Waals surface area contributed by atoms with Crippen molar-refractivity contribution in [1.82, 2.24) is 0 Å². The largest absolute Gasteiger partial charge is 0.550 e. The molecule has 118 valence electrons. The second-order valence-electron chi connectivity index (χ2n) is 6.20. The fourth-order valence-corrected chi connectivity index (χ4v) is 4.26. The van der Waals surface area contributed by atoms with E-state index in [0.29, 0.717) is 6.42 Å². The van der Waals surface area contributed by atoms with Crippen molar-refractivity contribution in [3.05, 3.63) is 55.1 Å². The lowest BCUT2D eigenvalue weighted by Gasteiger charge is -2.32. The van der Waals surface area contributed by atoms with Crippen LogP contribution in [0, 0.1) is 11.8 Å². The van der Waals surface area contributed by atoms with E-state index in [2.05, 4.69) is 6.58 Å². The average molecular weight is 310 g/mol. The number of hydrogen-bond acceptors (Lipinski definition) is 4. The van der Waals surface area contributed by atoms with Crippen molar-refractivity contribution >= 4 is 17.6 Å². The molecule has 3 aliphatic heterocycles. The summed E-state index contributed by atoms with van der Waals surface area (Å²) in [6, 6.07) is 8.96. The molecule has 3 aliphatic rings. The van der Waals surface area contributed by atoms with Crippen LogP contribution in [0.15, 0.2) is 55.1 Å². The van der Waals surface area contributed by atoms with Gasteiger partial charge in [0.25, 0.3) is 0 Å². The highest BCUT2D eigenvalue weighted by Crippen LogP contribution is 2.56. The van der Waals surface area contributed by atoms with E-state index in [1.165, 1.54) is 0 Å². The summed E-state index contributed by atoms with van der Waals surface area (Å²) in [7, 11) is 0. The maximum atomic E-state index is 13.1. The number of carboxylic acids is 1. The van der Waals surface area contributed by atoms with Crippen LogP contribution in [0.3, 0.4) is 0 Å². The summed E-state index contributed by atoms with van der Waals surface area (Å²) in [4.78, 5) is 26.3. The Kier molecular flexibility index (Phi) is 2.96. The topological polar surface area (TPSA) is 69.7 Å². The van der Waals surface area contributed by atoms with Gasteiger partial charge in [-0.1, -0.05) is 36.4 Å². The first-order valence-corrected chi connectivity index (χ1v) is 7.67. The van der Waals surface area contributed by atoms with Gasteiger partial charge in [0.1, 0.15) is 5.60 Å². The summed E-state index contributed by atoms with van der Waals surface area (Å²) in [5.41, 5.74) is -0.165. The summed E-state index contributed by atoms with van der Waals surface area (Å²) in [6.45, 7) is 3.78. The highest BCUT2D eigenvalue weighted by Gasteiger charge is 2.69. The van der Waals surface area contributed by atoms with Crippen LogP contribution < -0.4 is 10.0 Å². The summed E-state index contributed by atoms with van der Waals surface area (Å²) in [5.74, 6) is -3.13. The third kappa shape index (κ3) is 1.71. The molecule has 0 saturated carbocycles. The highest BCUT2D eigenvalue weighted by atomic mass is 16.5. The van der Waals surface area contributed by atoms with Crippen LogP contribution in [0.2, 0.25) is 0 Å². The predicted molar refractivity (Wildman–Crippen MR) is 81.3 cm³/mol. The monoisotopic (exact) mass is 310 g/mol. The van der Waals surface area contributed by atoms with Crippen molar-refractivity contribution < 1.29 is 19.4 Å². The molecule has 1 aromatic carbocycles. The van der Waals surface area contributed by atoms with Crippen molar-refractivity contribution in [2.75, 3.05) is 4.90 Å². The SMILES string of the molecule is C=CC[C@@H]1N(c2ccccc2)C(=O)[C@@H]2[C@@H](C(=O)[O-])[C@H]3C=C[C@]21O3. The number of para-hydroxylation sites is 1. The van der Waals surface area contributed by atoms with Gasteiger partial charge in [-0.05, 0) is 18.6 Å². The molecule has 3 heterocycles. The van der Waals surface area contributed by atoms with Crippen LogP contribution in [-0.4, -0.2) is 29.6 Å². The molecule has 0 aliphatic carbocycles. The molecule has 2 fully saturated rings. The predicted octanol–water partition coefficient (Wildman–Crippen LogP) is 0.668. The zero-order chi connectivity index (χ0) is 16.2. The Morgan fingerprint density at radius 1 is 1.39 bits per heavy atom. The molecular weight excluding hydrogens is 294 g/mol. The molecule has 2 bridgehead atoms. The van der Waals surface area contributed by atoms with Crippen molar-refractivity contribution in [2.24, 2.45) is 11.8 Å². The number of aliphatic carboxylic acids is 1. The van der Waals surface area contributed by atoms with E-state index in [9.17, 15) is 14.7 Å². The number of ether oxygens (including phenoxy) is 1. The molecule has 1 amide bonds. The van der Waals surface area contributed by atoms with Gasteiger partial charge in [0.05, 0.1) is 18.1 Å². The Morgan fingerprint density at radius 2 is 2.13 bits per heavy atom. The zero-order valence-electron chi connectivity index (χ0n) is 12.4. The van der Waals surface area contributed by atoms with Crippen LogP contribution in [0.1, 0.15) is 6.42 Å². The minimum atomic E-state index is -1.23. The highest BCUT2D eigenvalue weighted by molar-refractivity contribution is 6.03. The minimum Gasteiger partial charge on any atom is -0.550 e. The number of nitrogens with zero attached hydrogens (tertiary/aromatic N) is 1. The normalized spacial score (nSPS) is 37.2. The van der Waals surface area contributed by atoms with Gasteiger partial charge in [-0.15, -0.1) is 6.58 Å². The van der Waals surface area contributed by atoms with Crippen LogP contribution in [0.25, 0.3) is 0 Å². The second-order valence-corrected chi connectivity index (χ2v) is 6.20. The fraction of sp³-hybridized carbons (Fsp3) is 0.333. The molecule has 5 nitrogen and oxygen atoms in total. The zero-order valence-corrected chi connectivity index (χ0v) is 12.4. The van der Waals surface area contributed by atoms with Gasteiger partial charge < -0.3 is 19.5 Å². The minimum absolute atomic E-state index is 0.218. The van der Waals surface area contributed by atoms with Crippen LogP contribution >= 0.6 is 0 Å². The molecular formula is C18H16NO4-. The first kappa shape index (κ1) is 14.2. The number of hydrogen-bond donors (Lipinski definition) is 0. The average Bonchev–Trinajstić information content (AvgIpc) is 3.18. The number of carbonyl (C=O) groups excluding carboxylic acids is 2. The van der Waals surface area contributed by atoms with E-state index in [1.807, 2.05) is 36.4 Å². The summed E-state index contributed by atoms with van der Waals surface area (Å²) < 4.78 is 6.00.